The van der Waals surface area contributed by atoms with Gasteiger partial charge in [0.05, 0.1) is 17.7 Å². The highest BCUT2D eigenvalue weighted by Gasteiger charge is 2.18. The number of aryl methyl sites for hydroxylation is 2. The molecule has 0 saturated carbocycles. The predicted octanol–water partition coefficient (Wildman–Crippen LogP) is 3.81. The van der Waals surface area contributed by atoms with Gasteiger partial charge in [-0.05, 0) is 43.7 Å². The van der Waals surface area contributed by atoms with Gasteiger partial charge in [-0.1, -0.05) is 23.2 Å². The second kappa shape index (κ2) is 8.18. The summed E-state index contributed by atoms with van der Waals surface area (Å²) in [6.07, 6.45) is 0. The second-order valence-corrected chi connectivity index (χ2v) is 5.99. The Kier molecular flexibility index (Phi) is 6.22. The lowest BCUT2D eigenvalue weighted by molar-refractivity contribution is -0.119. The molecule has 8 heteroatoms. The van der Waals surface area contributed by atoms with E-state index in [1.54, 1.807) is 32.0 Å². The van der Waals surface area contributed by atoms with Crippen molar-refractivity contribution in [1.29, 1.82) is 0 Å². The molecular formula is C17H16Cl2N2O4. The van der Waals surface area contributed by atoms with E-state index in [9.17, 15) is 9.59 Å². The van der Waals surface area contributed by atoms with Crippen molar-refractivity contribution in [3.63, 3.8) is 0 Å². The summed E-state index contributed by atoms with van der Waals surface area (Å²) in [4.78, 5) is 28.1. The maximum atomic E-state index is 12.1. The number of rotatable bonds is 5. The zero-order valence-corrected chi connectivity index (χ0v) is 15.4. The predicted molar refractivity (Wildman–Crippen MR) is 95.6 cm³/mol. The Bertz CT molecular complexity index is 801. The molecule has 25 heavy (non-hydrogen) atoms. The molecule has 1 N–H and O–H groups in total. The van der Waals surface area contributed by atoms with E-state index in [0.29, 0.717) is 27.7 Å². The molecule has 1 amide bonds. The molecule has 0 aliphatic carbocycles. The normalized spacial score (nSPS) is 10.3. The van der Waals surface area contributed by atoms with Crippen molar-refractivity contribution in [1.82, 2.24) is 4.98 Å². The lowest BCUT2D eigenvalue weighted by Crippen LogP contribution is -2.21. The third-order valence-corrected chi connectivity index (χ3v) is 3.84. The fourth-order valence-corrected chi connectivity index (χ4v) is 2.80. The Morgan fingerprint density at radius 2 is 1.92 bits per heavy atom. The van der Waals surface area contributed by atoms with Gasteiger partial charge in [-0.15, -0.1) is 0 Å². The van der Waals surface area contributed by atoms with Gasteiger partial charge >= 0.3 is 5.97 Å². The highest BCUT2D eigenvalue weighted by molar-refractivity contribution is 6.33. The molecule has 0 spiro atoms. The van der Waals surface area contributed by atoms with Crippen LogP contribution in [-0.4, -0.2) is 30.6 Å². The zero-order chi connectivity index (χ0) is 18.6. The quantitative estimate of drug-likeness (QED) is 0.628. The maximum Gasteiger partial charge on any atom is 0.342 e. The Morgan fingerprint density at radius 1 is 1.20 bits per heavy atom. The molecule has 1 aromatic heterocycles. The van der Waals surface area contributed by atoms with Crippen molar-refractivity contribution in [3.8, 4) is 5.75 Å². The van der Waals surface area contributed by atoms with Crippen LogP contribution in [0.5, 0.6) is 5.75 Å². The molecule has 1 aromatic carbocycles. The van der Waals surface area contributed by atoms with Gasteiger partial charge in [0.1, 0.15) is 10.9 Å². The van der Waals surface area contributed by atoms with E-state index in [-0.39, 0.29) is 10.7 Å². The fraction of sp³-hybridized carbons (Fsp3) is 0.235. The van der Waals surface area contributed by atoms with Gasteiger partial charge in [0, 0.05) is 11.4 Å². The number of pyridine rings is 1. The third kappa shape index (κ3) is 4.84. The van der Waals surface area contributed by atoms with Crippen molar-refractivity contribution in [2.75, 3.05) is 19.0 Å². The van der Waals surface area contributed by atoms with Crippen LogP contribution in [0, 0.1) is 13.8 Å². The number of methoxy groups -OCH3 is 1. The number of esters is 1. The van der Waals surface area contributed by atoms with E-state index >= 15 is 0 Å². The summed E-state index contributed by atoms with van der Waals surface area (Å²) >= 11 is 12.0. The minimum atomic E-state index is -0.710. The number of benzene rings is 1. The highest BCUT2D eigenvalue weighted by atomic mass is 35.5. The van der Waals surface area contributed by atoms with Crippen LogP contribution < -0.4 is 10.1 Å². The number of ether oxygens (including phenoxy) is 2. The van der Waals surface area contributed by atoms with Crippen LogP contribution in [0.3, 0.4) is 0 Å². The fourth-order valence-electron chi connectivity index (χ4n) is 2.18. The van der Waals surface area contributed by atoms with Crippen molar-refractivity contribution in [3.05, 3.63) is 51.3 Å². The SMILES string of the molecule is COc1ccc(NC(=O)COC(=O)c2c(C)cc(C)nc2Cl)cc1Cl. The van der Waals surface area contributed by atoms with E-state index in [0.717, 1.165) is 0 Å². The summed E-state index contributed by atoms with van der Waals surface area (Å²) in [7, 11) is 1.49. The Hall–Kier alpha value is -2.31. The number of hydrogen-bond donors (Lipinski definition) is 1. The van der Waals surface area contributed by atoms with Crippen molar-refractivity contribution < 1.29 is 19.1 Å². The van der Waals surface area contributed by atoms with Gasteiger partial charge in [-0.3, -0.25) is 4.79 Å². The van der Waals surface area contributed by atoms with Crippen LogP contribution in [0.4, 0.5) is 5.69 Å². The lowest BCUT2D eigenvalue weighted by atomic mass is 10.1. The minimum absolute atomic E-state index is 0.0462. The molecule has 2 rings (SSSR count). The Balaban J connectivity index is 1.98. The minimum Gasteiger partial charge on any atom is -0.495 e. The van der Waals surface area contributed by atoms with E-state index in [4.69, 9.17) is 32.7 Å². The first-order valence-electron chi connectivity index (χ1n) is 7.26. The summed E-state index contributed by atoms with van der Waals surface area (Å²) in [5.41, 5.74) is 1.92. The average molecular weight is 383 g/mol. The third-order valence-electron chi connectivity index (χ3n) is 3.27. The molecule has 0 radical (unpaired) electrons. The smallest absolute Gasteiger partial charge is 0.342 e. The van der Waals surface area contributed by atoms with Crippen LogP contribution in [0.15, 0.2) is 24.3 Å². The van der Waals surface area contributed by atoms with Crippen LogP contribution in [-0.2, 0) is 9.53 Å². The summed E-state index contributed by atoms with van der Waals surface area (Å²) in [5, 5.41) is 2.97. The molecular weight excluding hydrogens is 367 g/mol. The van der Waals surface area contributed by atoms with Gasteiger partial charge in [0.2, 0.25) is 0 Å². The molecule has 0 aliphatic heterocycles. The van der Waals surface area contributed by atoms with E-state index < -0.39 is 18.5 Å². The number of halogens is 2. The number of carbonyl (C=O) groups is 2. The first-order chi connectivity index (χ1) is 11.8. The first-order valence-corrected chi connectivity index (χ1v) is 8.01. The second-order valence-electron chi connectivity index (χ2n) is 5.22. The highest BCUT2D eigenvalue weighted by Crippen LogP contribution is 2.27. The number of anilines is 1. The number of hydrogen-bond acceptors (Lipinski definition) is 5. The summed E-state index contributed by atoms with van der Waals surface area (Å²) < 4.78 is 10.0. The molecule has 0 bridgehead atoms. The standard InChI is InChI=1S/C17H16Cl2N2O4/c1-9-6-10(2)20-16(19)15(9)17(23)25-8-14(22)21-11-4-5-13(24-3)12(18)7-11/h4-7H,8H2,1-3H3,(H,21,22). The van der Waals surface area contributed by atoms with Crippen molar-refractivity contribution in [2.45, 2.75) is 13.8 Å². The monoisotopic (exact) mass is 382 g/mol. The van der Waals surface area contributed by atoms with E-state index in [2.05, 4.69) is 10.3 Å². The summed E-state index contributed by atoms with van der Waals surface area (Å²) in [6, 6.07) is 6.48. The largest absolute Gasteiger partial charge is 0.495 e. The van der Waals surface area contributed by atoms with Crippen LogP contribution in [0.2, 0.25) is 10.2 Å². The molecule has 0 aliphatic rings. The van der Waals surface area contributed by atoms with Gasteiger partial charge < -0.3 is 14.8 Å². The Labute approximate surface area is 155 Å². The van der Waals surface area contributed by atoms with Gasteiger partial charge in [0.15, 0.2) is 6.61 Å². The maximum absolute atomic E-state index is 12.1. The lowest BCUT2D eigenvalue weighted by Gasteiger charge is -2.10. The molecule has 132 valence electrons. The van der Waals surface area contributed by atoms with Crippen molar-refractivity contribution >= 4 is 40.8 Å². The topological polar surface area (TPSA) is 77.5 Å². The number of nitrogens with zero attached hydrogens (tertiary/aromatic N) is 1. The van der Waals surface area contributed by atoms with Gasteiger partial charge in [-0.25, -0.2) is 9.78 Å². The Morgan fingerprint density at radius 3 is 2.52 bits per heavy atom. The molecule has 2 aromatic rings. The van der Waals surface area contributed by atoms with Crippen LogP contribution in [0.1, 0.15) is 21.6 Å². The summed E-state index contributed by atoms with van der Waals surface area (Å²) in [6.45, 7) is 3.02. The first kappa shape index (κ1) is 19.0. The molecule has 0 fully saturated rings. The van der Waals surface area contributed by atoms with Gasteiger partial charge in [0.25, 0.3) is 5.91 Å². The van der Waals surface area contributed by atoms with E-state index in [1.165, 1.54) is 13.2 Å². The summed E-state index contributed by atoms with van der Waals surface area (Å²) in [5.74, 6) is -0.732. The zero-order valence-electron chi connectivity index (χ0n) is 13.9. The molecule has 1 heterocycles. The number of nitrogens with one attached hydrogen (secondary N) is 1. The van der Waals surface area contributed by atoms with E-state index in [1.807, 2.05) is 0 Å². The molecule has 0 unspecified atom stereocenters. The number of aromatic nitrogens is 1. The molecule has 6 nitrogen and oxygen atoms in total. The number of carbonyl (C=O) groups excluding carboxylic acids is 2. The van der Waals surface area contributed by atoms with Crippen LogP contribution >= 0.6 is 23.2 Å². The van der Waals surface area contributed by atoms with Gasteiger partial charge in [-0.2, -0.15) is 0 Å². The average Bonchev–Trinajstić information content (AvgIpc) is 2.52. The molecule has 0 atom stereocenters. The van der Waals surface area contributed by atoms with Crippen molar-refractivity contribution in [2.24, 2.45) is 0 Å². The molecule has 0 saturated heterocycles. The number of amides is 1. The van der Waals surface area contributed by atoms with Crippen LogP contribution in [0.25, 0.3) is 0 Å².